The van der Waals surface area contributed by atoms with Crippen LogP contribution in [0, 0.1) is 5.92 Å². The highest BCUT2D eigenvalue weighted by Crippen LogP contribution is 2.32. The number of benzene rings is 1. The molecule has 0 spiro atoms. The first-order chi connectivity index (χ1) is 11.4. The minimum atomic E-state index is -3.77. The molecule has 1 aliphatic heterocycles. The molecule has 1 atom stereocenters. The van der Waals surface area contributed by atoms with Crippen LogP contribution in [0.4, 0.5) is 0 Å². The van der Waals surface area contributed by atoms with E-state index in [-0.39, 0.29) is 11.4 Å². The maximum atomic E-state index is 12.8. The van der Waals surface area contributed by atoms with E-state index in [1.165, 1.54) is 16.4 Å². The van der Waals surface area contributed by atoms with Crippen LogP contribution in [-0.4, -0.2) is 50.1 Å². The van der Waals surface area contributed by atoms with Gasteiger partial charge in [-0.3, -0.25) is 4.79 Å². The Morgan fingerprint density at radius 2 is 1.92 bits per heavy atom. The molecular formula is C16H23NO6S. The summed E-state index contributed by atoms with van der Waals surface area (Å²) in [5.41, 5.74) is 0. The zero-order valence-electron chi connectivity index (χ0n) is 13.9. The van der Waals surface area contributed by atoms with Crippen molar-refractivity contribution in [2.24, 2.45) is 5.92 Å². The number of rotatable bonds is 7. The quantitative estimate of drug-likeness (QED) is 0.802. The van der Waals surface area contributed by atoms with Gasteiger partial charge in [-0.1, -0.05) is 0 Å². The first-order valence-electron chi connectivity index (χ1n) is 8.02. The fraction of sp³-hybridized carbons (Fsp3) is 0.562. The zero-order valence-corrected chi connectivity index (χ0v) is 14.7. The van der Waals surface area contributed by atoms with E-state index in [1.54, 1.807) is 13.0 Å². The zero-order chi connectivity index (χ0) is 17.7. The second-order valence-corrected chi connectivity index (χ2v) is 7.45. The highest BCUT2D eigenvalue weighted by Gasteiger charge is 2.33. The van der Waals surface area contributed by atoms with Gasteiger partial charge in [-0.15, -0.1) is 0 Å². The molecule has 0 saturated carbocycles. The number of carbonyl (C=O) groups is 1. The van der Waals surface area contributed by atoms with E-state index in [1.807, 2.05) is 6.92 Å². The molecule has 1 aromatic carbocycles. The largest absolute Gasteiger partial charge is 0.490 e. The molecule has 7 nitrogen and oxygen atoms in total. The van der Waals surface area contributed by atoms with Crippen molar-refractivity contribution in [3.05, 3.63) is 18.2 Å². The monoisotopic (exact) mass is 357 g/mol. The van der Waals surface area contributed by atoms with Crippen LogP contribution in [0.1, 0.15) is 26.7 Å². The van der Waals surface area contributed by atoms with Crippen LogP contribution >= 0.6 is 0 Å². The molecule has 1 aromatic rings. The van der Waals surface area contributed by atoms with Crippen molar-refractivity contribution >= 4 is 16.0 Å². The van der Waals surface area contributed by atoms with Crippen molar-refractivity contribution in [3.63, 3.8) is 0 Å². The number of piperidine rings is 1. The first kappa shape index (κ1) is 18.5. The Bertz CT molecular complexity index is 688. The molecule has 0 radical (unpaired) electrons. The standard InChI is InChI=1S/C16H23NO6S/c1-3-22-14-8-7-13(10-15(14)23-4-2)24(20,21)17-9-5-6-12(11-17)16(18)19/h7-8,10,12H,3-6,9,11H2,1-2H3,(H,18,19)/t12-/m0/s1. The van der Waals surface area contributed by atoms with E-state index in [4.69, 9.17) is 14.6 Å². The van der Waals surface area contributed by atoms with Crippen LogP contribution in [0.2, 0.25) is 0 Å². The number of ether oxygens (including phenoxy) is 2. The summed E-state index contributed by atoms with van der Waals surface area (Å²) in [4.78, 5) is 11.2. The van der Waals surface area contributed by atoms with Gasteiger partial charge in [-0.25, -0.2) is 8.42 Å². The summed E-state index contributed by atoms with van der Waals surface area (Å²) in [6.45, 7) is 4.78. The first-order valence-corrected chi connectivity index (χ1v) is 9.46. The lowest BCUT2D eigenvalue weighted by Crippen LogP contribution is -2.42. The highest BCUT2D eigenvalue weighted by atomic mass is 32.2. The molecule has 0 unspecified atom stereocenters. The molecule has 1 saturated heterocycles. The van der Waals surface area contributed by atoms with Crippen LogP contribution in [0.25, 0.3) is 0 Å². The Hall–Kier alpha value is -1.80. The third kappa shape index (κ3) is 3.99. The predicted molar refractivity (Wildman–Crippen MR) is 87.9 cm³/mol. The second kappa shape index (κ2) is 7.85. The SMILES string of the molecule is CCOc1ccc(S(=O)(=O)N2CCC[C@H](C(=O)O)C2)cc1OCC. The molecule has 134 valence electrons. The molecular weight excluding hydrogens is 334 g/mol. The Morgan fingerprint density at radius 3 is 2.54 bits per heavy atom. The van der Waals surface area contributed by atoms with Gasteiger partial charge >= 0.3 is 5.97 Å². The molecule has 0 amide bonds. The van der Waals surface area contributed by atoms with Gasteiger partial charge in [0.05, 0.1) is 24.0 Å². The molecule has 1 N–H and O–H groups in total. The van der Waals surface area contributed by atoms with Gasteiger partial charge in [-0.2, -0.15) is 4.31 Å². The van der Waals surface area contributed by atoms with Crippen molar-refractivity contribution in [2.45, 2.75) is 31.6 Å². The van der Waals surface area contributed by atoms with Gasteiger partial charge in [0.2, 0.25) is 10.0 Å². The summed E-state index contributed by atoms with van der Waals surface area (Å²) in [5.74, 6) is -0.772. The molecule has 8 heteroatoms. The maximum Gasteiger partial charge on any atom is 0.307 e. The average molecular weight is 357 g/mol. The summed E-state index contributed by atoms with van der Waals surface area (Å²) in [6, 6.07) is 4.47. The Labute approximate surface area is 142 Å². The van der Waals surface area contributed by atoms with E-state index in [9.17, 15) is 13.2 Å². The van der Waals surface area contributed by atoms with E-state index >= 15 is 0 Å². The number of sulfonamides is 1. The second-order valence-electron chi connectivity index (χ2n) is 5.52. The summed E-state index contributed by atoms with van der Waals surface area (Å²) in [6.07, 6.45) is 1.03. The molecule has 1 heterocycles. The number of hydrogen-bond acceptors (Lipinski definition) is 5. The van der Waals surface area contributed by atoms with Crippen molar-refractivity contribution in [1.82, 2.24) is 4.31 Å². The van der Waals surface area contributed by atoms with Gasteiger partial charge in [0.15, 0.2) is 11.5 Å². The van der Waals surface area contributed by atoms with Crippen molar-refractivity contribution in [1.29, 1.82) is 0 Å². The average Bonchev–Trinajstić information content (AvgIpc) is 2.57. The van der Waals surface area contributed by atoms with E-state index in [2.05, 4.69) is 0 Å². The summed E-state index contributed by atoms with van der Waals surface area (Å²) >= 11 is 0. The van der Waals surface area contributed by atoms with Crippen molar-refractivity contribution in [2.75, 3.05) is 26.3 Å². The third-order valence-corrected chi connectivity index (χ3v) is 5.75. The van der Waals surface area contributed by atoms with Gasteiger partial charge < -0.3 is 14.6 Å². The van der Waals surface area contributed by atoms with Gasteiger partial charge in [0, 0.05) is 19.2 Å². The van der Waals surface area contributed by atoms with Crippen LogP contribution in [-0.2, 0) is 14.8 Å². The van der Waals surface area contributed by atoms with Crippen molar-refractivity contribution < 1.29 is 27.8 Å². The Kier molecular flexibility index (Phi) is 6.06. The fourth-order valence-electron chi connectivity index (χ4n) is 2.70. The molecule has 0 aromatic heterocycles. The maximum absolute atomic E-state index is 12.8. The highest BCUT2D eigenvalue weighted by molar-refractivity contribution is 7.89. The van der Waals surface area contributed by atoms with E-state index < -0.39 is 21.9 Å². The minimum absolute atomic E-state index is 0.00511. The number of nitrogens with zero attached hydrogens (tertiary/aromatic N) is 1. The summed E-state index contributed by atoms with van der Waals surface area (Å²) in [7, 11) is -3.77. The lowest BCUT2D eigenvalue weighted by atomic mass is 10.0. The number of hydrogen-bond donors (Lipinski definition) is 1. The van der Waals surface area contributed by atoms with Gasteiger partial charge in [0.1, 0.15) is 0 Å². The lowest BCUT2D eigenvalue weighted by Gasteiger charge is -2.30. The molecule has 0 bridgehead atoms. The minimum Gasteiger partial charge on any atom is -0.490 e. The molecule has 1 fully saturated rings. The van der Waals surface area contributed by atoms with Gasteiger partial charge in [-0.05, 0) is 38.8 Å². The third-order valence-electron chi connectivity index (χ3n) is 3.89. The van der Waals surface area contributed by atoms with E-state index in [0.29, 0.717) is 44.1 Å². The number of carboxylic acids is 1. The Morgan fingerprint density at radius 1 is 1.25 bits per heavy atom. The molecule has 1 aliphatic rings. The summed E-state index contributed by atoms with van der Waals surface area (Å²) in [5, 5.41) is 9.14. The lowest BCUT2D eigenvalue weighted by molar-refractivity contribution is -0.142. The topological polar surface area (TPSA) is 93.1 Å². The Balaban J connectivity index is 2.31. The van der Waals surface area contributed by atoms with Crippen LogP contribution in [0.5, 0.6) is 11.5 Å². The van der Waals surface area contributed by atoms with E-state index in [0.717, 1.165) is 0 Å². The van der Waals surface area contributed by atoms with Crippen LogP contribution < -0.4 is 9.47 Å². The van der Waals surface area contributed by atoms with Crippen LogP contribution in [0.15, 0.2) is 23.1 Å². The molecule has 24 heavy (non-hydrogen) atoms. The molecule has 0 aliphatic carbocycles. The van der Waals surface area contributed by atoms with Crippen LogP contribution in [0.3, 0.4) is 0 Å². The normalized spacial score (nSPS) is 19.0. The summed E-state index contributed by atoms with van der Waals surface area (Å²) < 4.78 is 37.8. The predicted octanol–water partition coefficient (Wildman–Crippen LogP) is 1.97. The molecule has 2 rings (SSSR count). The smallest absolute Gasteiger partial charge is 0.307 e. The fourth-order valence-corrected chi connectivity index (χ4v) is 4.24. The number of carboxylic acid groups (broad SMARTS) is 1. The van der Waals surface area contributed by atoms with Crippen molar-refractivity contribution in [3.8, 4) is 11.5 Å². The number of aliphatic carboxylic acids is 1. The van der Waals surface area contributed by atoms with Gasteiger partial charge in [0.25, 0.3) is 0 Å².